The van der Waals surface area contributed by atoms with Gasteiger partial charge < -0.3 is 20.1 Å². The van der Waals surface area contributed by atoms with Crippen molar-refractivity contribution in [1.82, 2.24) is 0 Å². The minimum absolute atomic E-state index is 0.0268. The lowest BCUT2D eigenvalue weighted by Crippen LogP contribution is -2.16. The van der Waals surface area contributed by atoms with Crippen molar-refractivity contribution in [3.63, 3.8) is 0 Å². The van der Waals surface area contributed by atoms with Gasteiger partial charge in [0.2, 0.25) is 0 Å². The van der Waals surface area contributed by atoms with E-state index in [0.29, 0.717) is 6.61 Å². The highest BCUT2D eigenvalue weighted by Crippen LogP contribution is 2.28. The molecule has 1 atom stereocenters. The molecule has 7 nitrogen and oxygen atoms in total. The van der Waals surface area contributed by atoms with Crippen molar-refractivity contribution in [2.75, 3.05) is 6.61 Å². The molecular formula is C15H18O7. The van der Waals surface area contributed by atoms with Crippen LogP contribution in [-0.4, -0.2) is 39.8 Å². The number of benzene rings is 1. The van der Waals surface area contributed by atoms with E-state index in [-0.39, 0.29) is 22.3 Å². The summed E-state index contributed by atoms with van der Waals surface area (Å²) in [6, 6.07) is 1.90. The van der Waals surface area contributed by atoms with Crippen LogP contribution < -0.4 is 0 Å². The first-order valence-electron chi connectivity index (χ1n) is 6.79. The number of carboxylic acids is 3. The molecule has 0 aliphatic rings. The Labute approximate surface area is 127 Å². The quantitative estimate of drug-likeness (QED) is 0.631. The predicted molar refractivity (Wildman–Crippen MR) is 76.6 cm³/mol. The molecule has 0 aliphatic carbocycles. The van der Waals surface area contributed by atoms with Crippen molar-refractivity contribution in [1.29, 1.82) is 0 Å². The number of carboxylic acid groups (broad SMARTS) is 3. The van der Waals surface area contributed by atoms with E-state index in [1.807, 2.05) is 6.92 Å². The van der Waals surface area contributed by atoms with E-state index in [2.05, 4.69) is 0 Å². The summed E-state index contributed by atoms with van der Waals surface area (Å²) in [5.74, 6) is -4.19. The highest BCUT2D eigenvalue weighted by molar-refractivity contribution is 6.01. The second-order valence-electron chi connectivity index (χ2n) is 4.77. The van der Waals surface area contributed by atoms with Crippen LogP contribution in [0.15, 0.2) is 12.1 Å². The average molecular weight is 310 g/mol. The van der Waals surface area contributed by atoms with Gasteiger partial charge in [-0.3, -0.25) is 0 Å². The second-order valence-corrected chi connectivity index (χ2v) is 4.77. The van der Waals surface area contributed by atoms with E-state index in [4.69, 9.17) is 9.84 Å². The maximum atomic E-state index is 11.4. The first kappa shape index (κ1) is 17.6. The topological polar surface area (TPSA) is 121 Å². The van der Waals surface area contributed by atoms with Gasteiger partial charge in [0.15, 0.2) is 0 Å². The molecule has 0 spiro atoms. The standard InChI is InChI=1S/C15H18O7/c1-3-4-5-22-8(2)12-10(14(18)19)6-9(13(16)17)7-11(12)15(20)21/h6-8H,3-5H2,1-2H3,(H,16,17)(H,18,19)(H,20,21). The van der Waals surface area contributed by atoms with Gasteiger partial charge in [0.1, 0.15) is 0 Å². The van der Waals surface area contributed by atoms with Crippen LogP contribution in [-0.2, 0) is 4.74 Å². The molecule has 0 radical (unpaired) electrons. The average Bonchev–Trinajstić information content (AvgIpc) is 2.45. The van der Waals surface area contributed by atoms with Gasteiger partial charge in [-0.2, -0.15) is 0 Å². The SMILES string of the molecule is CCCCOC(C)c1c(C(=O)O)cc(C(=O)O)cc1C(=O)O. The molecule has 0 aromatic heterocycles. The van der Waals surface area contributed by atoms with Crippen molar-refractivity contribution in [3.8, 4) is 0 Å². The Balaban J connectivity index is 3.41. The fourth-order valence-electron chi connectivity index (χ4n) is 2.06. The second kappa shape index (κ2) is 7.56. The lowest BCUT2D eigenvalue weighted by molar-refractivity contribution is 0.0552. The summed E-state index contributed by atoms with van der Waals surface area (Å²) in [5.41, 5.74) is -1.16. The van der Waals surface area contributed by atoms with Gasteiger partial charge in [-0.1, -0.05) is 13.3 Å². The number of hydrogen-bond donors (Lipinski definition) is 3. The summed E-state index contributed by atoms with van der Waals surface area (Å²) in [5, 5.41) is 27.5. The summed E-state index contributed by atoms with van der Waals surface area (Å²) in [6.07, 6.45) is 0.858. The largest absolute Gasteiger partial charge is 0.478 e. The van der Waals surface area contributed by atoms with E-state index in [9.17, 15) is 24.6 Å². The number of rotatable bonds is 8. The minimum Gasteiger partial charge on any atom is -0.478 e. The Kier molecular flexibility index (Phi) is 6.06. The normalized spacial score (nSPS) is 11.9. The zero-order valence-corrected chi connectivity index (χ0v) is 12.3. The van der Waals surface area contributed by atoms with Crippen LogP contribution in [0.1, 0.15) is 69.4 Å². The van der Waals surface area contributed by atoms with Gasteiger partial charge >= 0.3 is 17.9 Å². The first-order chi connectivity index (χ1) is 10.3. The van der Waals surface area contributed by atoms with Gasteiger partial charge in [-0.25, -0.2) is 14.4 Å². The Morgan fingerprint density at radius 3 is 1.91 bits per heavy atom. The number of aromatic carboxylic acids is 3. The maximum absolute atomic E-state index is 11.4. The number of carbonyl (C=O) groups is 3. The summed E-state index contributed by atoms with van der Waals surface area (Å²) >= 11 is 0. The molecule has 0 saturated carbocycles. The first-order valence-corrected chi connectivity index (χ1v) is 6.79. The van der Waals surface area contributed by atoms with Crippen LogP contribution >= 0.6 is 0 Å². The highest BCUT2D eigenvalue weighted by atomic mass is 16.5. The third-order valence-electron chi connectivity index (χ3n) is 3.16. The zero-order chi connectivity index (χ0) is 16.9. The maximum Gasteiger partial charge on any atom is 0.336 e. The van der Waals surface area contributed by atoms with E-state index < -0.39 is 24.0 Å². The Morgan fingerprint density at radius 1 is 1.05 bits per heavy atom. The molecule has 0 amide bonds. The lowest BCUT2D eigenvalue weighted by atomic mass is 9.94. The van der Waals surface area contributed by atoms with Crippen LogP contribution in [0.2, 0.25) is 0 Å². The number of unbranched alkanes of at least 4 members (excludes halogenated alkanes) is 1. The molecule has 0 bridgehead atoms. The highest BCUT2D eigenvalue weighted by Gasteiger charge is 2.26. The van der Waals surface area contributed by atoms with Gasteiger partial charge in [0.05, 0.1) is 22.8 Å². The summed E-state index contributed by atoms with van der Waals surface area (Å²) in [7, 11) is 0. The van der Waals surface area contributed by atoms with Crippen LogP contribution in [0.4, 0.5) is 0 Å². The number of hydrogen-bond acceptors (Lipinski definition) is 4. The molecule has 0 fully saturated rings. The molecule has 1 rings (SSSR count). The zero-order valence-electron chi connectivity index (χ0n) is 12.3. The molecule has 3 N–H and O–H groups in total. The molecule has 1 aromatic carbocycles. The molecule has 1 aromatic rings. The van der Waals surface area contributed by atoms with Gasteiger partial charge in [-0.15, -0.1) is 0 Å². The molecule has 0 aliphatic heterocycles. The summed E-state index contributed by atoms with van der Waals surface area (Å²) in [4.78, 5) is 33.8. The van der Waals surface area contributed by atoms with Gasteiger partial charge in [-0.05, 0) is 25.5 Å². The molecular weight excluding hydrogens is 292 g/mol. The van der Waals surface area contributed by atoms with E-state index in [1.54, 1.807) is 6.92 Å². The van der Waals surface area contributed by atoms with Crippen molar-refractivity contribution >= 4 is 17.9 Å². The molecule has 1 unspecified atom stereocenters. The van der Waals surface area contributed by atoms with Crippen LogP contribution in [0.5, 0.6) is 0 Å². The lowest BCUT2D eigenvalue weighted by Gasteiger charge is -2.18. The Bertz CT molecular complexity index is 557. The van der Waals surface area contributed by atoms with Crippen LogP contribution in [0.25, 0.3) is 0 Å². The van der Waals surface area contributed by atoms with Gasteiger partial charge in [0.25, 0.3) is 0 Å². The molecule has 7 heteroatoms. The fraction of sp³-hybridized carbons (Fsp3) is 0.400. The van der Waals surface area contributed by atoms with E-state index in [1.165, 1.54) is 0 Å². The number of ether oxygens (including phenoxy) is 1. The minimum atomic E-state index is -1.40. The van der Waals surface area contributed by atoms with E-state index >= 15 is 0 Å². The third kappa shape index (κ3) is 4.05. The third-order valence-corrected chi connectivity index (χ3v) is 3.16. The van der Waals surface area contributed by atoms with Crippen LogP contribution in [0, 0.1) is 0 Å². The van der Waals surface area contributed by atoms with Gasteiger partial charge in [0, 0.05) is 12.2 Å². The van der Waals surface area contributed by atoms with Crippen molar-refractivity contribution in [3.05, 3.63) is 34.4 Å². The van der Waals surface area contributed by atoms with Crippen molar-refractivity contribution in [2.24, 2.45) is 0 Å². The predicted octanol–water partition coefficient (Wildman–Crippen LogP) is 2.66. The Morgan fingerprint density at radius 2 is 1.55 bits per heavy atom. The monoisotopic (exact) mass is 310 g/mol. The molecule has 22 heavy (non-hydrogen) atoms. The molecule has 120 valence electrons. The summed E-state index contributed by atoms with van der Waals surface area (Å²) < 4.78 is 5.48. The Hall–Kier alpha value is -2.41. The molecule has 0 heterocycles. The smallest absolute Gasteiger partial charge is 0.336 e. The van der Waals surface area contributed by atoms with Crippen molar-refractivity contribution < 1.29 is 34.4 Å². The summed E-state index contributed by atoms with van der Waals surface area (Å²) in [6.45, 7) is 3.86. The van der Waals surface area contributed by atoms with E-state index in [0.717, 1.165) is 25.0 Å². The molecule has 0 saturated heterocycles. The van der Waals surface area contributed by atoms with Crippen LogP contribution in [0.3, 0.4) is 0 Å². The van der Waals surface area contributed by atoms with Crippen molar-refractivity contribution in [2.45, 2.75) is 32.8 Å². The fourth-order valence-corrected chi connectivity index (χ4v) is 2.06.